The van der Waals surface area contributed by atoms with Gasteiger partial charge in [0.1, 0.15) is 5.54 Å². The molecule has 0 heterocycles. The molecule has 2 nitrogen and oxygen atoms in total. The Morgan fingerprint density at radius 1 is 1.44 bits per heavy atom. The molecule has 16 heavy (non-hydrogen) atoms. The van der Waals surface area contributed by atoms with Crippen LogP contribution in [-0.2, 0) is 0 Å². The number of hydrogen-bond acceptors (Lipinski definition) is 3. The van der Waals surface area contributed by atoms with Crippen LogP contribution in [0, 0.1) is 17.2 Å². The minimum Gasteiger partial charge on any atom is -0.300 e. The van der Waals surface area contributed by atoms with Gasteiger partial charge in [-0.2, -0.15) is 17.0 Å². The zero-order valence-corrected chi connectivity index (χ0v) is 12.0. The summed E-state index contributed by atoms with van der Waals surface area (Å²) in [4.78, 5) is 0. The first-order valence-corrected chi connectivity index (χ1v) is 7.47. The van der Waals surface area contributed by atoms with Crippen LogP contribution in [0.4, 0.5) is 0 Å². The van der Waals surface area contributed by atoms with E-state index in [4.69, 9.17) is 5.26 Å². The Balaban J connectivity index is 3.61. The maximum Gasteiger partial charge on any atom is 0.103 e. The largest absolute Gasteiger partial charge is 0.300 e. The van der Waals surface area contributed by atoms with Gasteiger partial charge in [0.2, 0.25) is 0 Å². The van der Waals surface area contributed by atoms with E-state index in [1.54, 1.807) is 0 Å². The van der Waals surface area contributed by atoms with Crippen molar-refractivity contribution in [2.75, 3.05) is 18.1 Å². The Labute approximate surface area is 105 Å². The molecule has 0 rings (SSSR count). The quantitative estimate of drug-likeness (QED) is 0.629. The van der Waals surface area contributed by atoms with E-state index >= 15 is 0 Å². The molecule has 0 saturated carbocycles. The molecule has 1 N–H and O–H groups in total. The molecule has 2 atom stereocenters. The predicted octanol–water partition coefficient (Wildman–Crippen LogP) is 3.44. The Morgan fingerprint density at radius 2 is 2.12 bits per heavy atom. The van der Waals surface area contributed by atoms with E-state index in [9.17, 15) is 0 Å². The van der Waals surface area contributed by atoms with Crippen molar-refractivity contribution in [3.8, 4) is 6.07 Å². The molecule has 0 aromatic rings. The fraction of sp³-hybridized carbons (Fsp3) is 0.923. The van der Waals surface area contributed by atoms with Gasteiger partial charge in [0, 0.05) is 0 Å². The van der Waals surface area contributed by atoms with E-state index < -0.39 is 0 Å². The zero-order valence-electron chi connectivity index (χ0n) is 11.2. The fourth-order valence-corrected chi connectivity index (χ4v) is 2.66. The third-order valence-corrected chi connectivity index (χ3v) is 4.26. The standard InChI is InChI=1S/C13H26N2S/c1-5-12(3)10-16-9-7-8-13(4,11-14)15-6-2/h12,15H,5-10H2,1-4H3. The molecule has 0 fully saturated rings. The molecule has 2 unspecified atom stereocenters. The van der Waals surface area contributed by atoms with Gasteiger partial charge in [-0.25, -0.2) is 0 Å². The predicted molar refractivity (Wildman–Crippen MR) is 73.7 cm³/mol. The summed E-state index contributed by atoms with van der Waals surface area (Å²) in [5.41, 5.74) is -0.328. The maximum absolute atomic E-state index is 9.08. The third-order valence-electron chi connectivity index (χ3n) is 2.88. The lowest BCUT2D eigenvalue weighted by atomic mass is 9.98. The zero-order chi connectivity index (χ0) is 12.4. The first-order chi connectivity index (χ1) is 7.58. The number of thioether (sulfide) groups is 1. The van der Waals surface area contributed by atoms with E-state index in [1.165, 1.54) is 17.9 Å². The lowest BCUT2D eigenvalue weighted by Gasteiger charge is -2.22. The summed E-state index contributed by atoms with van der Waals surface area (Å²) in [7, 11) is 0. The van der Waals surface area contributed by atoms with Crippen LogP contribution in [0.2, 0.25) is 0 Å². The summed E-state index contributed by atoms with van der Waals surface area (Å²) in [6.45, 7) is 9.45. The van der Waals surface area contributed by atoms with Gasteiger partial charge in [-0.1, -0.05) is 27.2 Å². The monoisotopic (exact) mass is 242 g/mol. The van der Waals surface area contributed by atoms with E-state index in [2.05, 4.69) is 25.2 Å². The van der Waals surface area contributed by atoms with Crippen molar-refractivity contribution in [1.29, 1.82) is 5.26 Å². The van der Waals surface area contributed by atoms with Gasteiger partial charge in [0.15, 0.2) is 0 Å². The molecular weight excluding hydrogens is 216 g/mol. The second-order valence-electron chi connectivity index (χ2n) is 4.67. The second-order valence-corrected chi connectivity index (χ2v) is 5.82. The van der Waals surface area contributed by atoms with Crippen molar-refractivity contribution in [2.24, 2.45) is 5.92 Å². The normalized spacial score (nSPS) is 16.4. The molecular formula is C13H26N2S. The molecule has 94 valence electrons. The third kappa shape index (κ3) is 7.14. The Kier molecular flexibility index (Phi) is 8.78. The van der Waals surface area contributed by atoms with Gasteiger partial charge < -0.3 is 0 Å². The molecule has 0 aliphatic carbocycles. The smallest absolute Gasteiger partial charge is 0.103 e. The SMILES string of the molecule is CCNC(C)(C#N)CCCSCC(C)CC. The summed E-state index contributed by atoms with van der Waals surface area (Å²) in [6, 6.07) is 2.37. The maximum atomic E-state index is 9.08. The molecule has 0 aliphatic rings. The van der Waals surface area contributed by atoms with Crippen LogP contribution in [0.3, 0.4) is 0 Å². The number of nitrogens with zero attached hydrogens (tertiary/aromatic N) is 1. The van der Waals surface area contributed by atoms with E-state index in [0.29, 0.717) is 0 Å². The van der Waals surface area contributed by atoms with Gasteiger partial charge in [-0.15, -0.1) is 0 Å². The average Bonchev–Trinajstić information content (AvgIpc) is 2.28. The highest BCUT2D eigenvalue weighted by atomic mass is 32.2. The van der Waals surface area contributed by atoms with E-state index in [0.717, 1.165) is 25.3 Å². The first kappa shape index (κ1) is 15.8. The van der Waals surface area contributed by atoms with Crippen LogP contribution >= 0.6 is 11.8 Å². The molecule has 0 spiro atoms. The van der Waals surface area contributed by atoms with E-state index in [-0.39, 0.29) is 5.54 Å². The highest BCUT2D eigenvalue weighted by Crippen LogP contribution is 2.16. The van der Waals surface area contributed by atoms with Crippen LogP contribution < -0.4 is 5.32 Å². The average molecular weight is 242 g/mol. The number of rotatable bonds is 9. The molecule has 0 aromatic carbocycles. The number of hydrogen-bond donors (Lipinski definition) is 1. The van der Waals surface area contributed by atoms with Gasteiger partial charge in [0.05, 0.1) is 6.07 Å². The molecule has 0 amide bonds. The van der Waals surface area contributed by atoms with Crippen molar-refractivity contribution < 1.29 is 0 Å². The summed E-state index contributed by atoms with van der Waals surface area (Å²) >= 11 is 2.02. The first-order valence-electron chi connectivity index (χ1n) is 6.32. The van der Waals surface area contributed by atoms with Crippen LogP contribution in [0.25, 0.3) is 0 Å². The van der Waals surface area contributed by atoms with Crippen LogP contribution in [-0.4, -0.2) is 23.6 Å². The topological polar surface area (TPSA) is 35.8 Å². The van der Waals surface area contributed by atoms with Gasteiger partial charge in [-0.05, 0) is 43.7 Å². The minimum atomic E-state index is -0.328. The van der Waals surface area contributed by atoms with Gasteiger partial charge in [0.25, 0.3) is 0 Å². The van der Waals surface area contributed by atoms with Crippen LogP contribution in [0.1, 0.15) is 47.0 Å². The summed E-state index contributed by atoms with van der Waals surface area (Å²) in [6.07, 6.45) is 3.34. The molecule has 3 heteroatoms. The summed E-state index contributed by atoms with van der Waals surface area (Å²) in [5.74, 6) is 3.25. The highest BCUT2D eigenvalue weighted by Gasteiger charge is 2.21. The lowest BCUT2D eigenvalue weighted by Crippen LogP contribution is -2.40. The fourth-order valence-electron chi connectivity index (χ4n) is 1.50. The highest BCUT2D eigenvalue weighted by molar-refractivity contribution is 7.99. The second kappa shape index (κ2) is 8.90. The number of nitrogens with one attached hydrogen (secondary N) is 1. The van der Waals surface area contributed by atoms with Crippen molar-refractivity contribution in [3.63, 3.8) is 0 Å². The van der Waals surface area contributed by atoms with Crippen molar-refractivity contribution >= 4 is 11.8 Å². The molecule has 0 aromatic heterocycles. The molecule has 0 bridgehead atoms. The van der Waals surface area contributed by atoms with Crippen molar-refractivity contribution in [2.45, 2.75) is 52.5 Å². The minimum absolute atomic E-state index is 0.328. The van der Waals surface area contributed by atoms with Crippen LogP contribution in [0.15, 0.2) is 0 Å². The Morgan fingerprint density at radius 3 is 2.62 bits per heavy atom. The van der Waals surface area contributed by atoms with Crippen LogP contribution in [0.5, 0.6) is 0 Å². The van der Waals surface area contributed by atoms with Gasteiger partial charge >= 0.3 is 0 Å². The van der Waals surface area contributed by atoms with Crippen molar-refractivity contribution in [3.05, 3.63) is 0 Å². The molecule has 0 radical (unpaired) electrons. The van der Waals surface area contributed by atoms with E-state index in [1.807, 2.05) is 25.6 Å². The lowest BCUT2D eigenvalue weighted by molar-refractivity contribution is 0.426. The molecule has 0 saturated heterocycles. The van der Waals surface area contributed by atoms with Gasteiger partial charge in [-0.3, -0.25) is 5.32 Å². The Hall–Kier alpha value is -0.200. The summed E-state index contributed by atoms with van der Waals surface area (Å²) in [5, 5.41) is 12.3. The number of nitriles is 1. The molecule has 0 aliphatic heterocycles. The van der Waals surface area contributed by atoms with Crippen molar-refractivity contribution in [1.82, 2.24) is 5.32 Å². The summed E-state index contributed by atoms with van der Waals surface area (Å²) < 4.78 is 0. The Bertz CT molecular complexity index is 212.